The lowest BCUT2D eigenvalue weighted by atomic mass is 10.2. The highest BCUT2D eigenvalue weighted by Crippen LogP contribution is 2.36. The highest BCUT2D eigenvalue weighted by molar-refractivity contribution is 7.91. The van der Waals surface area contributed by atoms with E-state index in [2.05, 4.69) is 10.6 Å². The molecule has 2 N–H and O–H groups in total. The van der Waals surface area contributed by atoms with Crippen molar-refractivity contribution in [3.8, 4) is 5.75 Å². The monoisotopic (exact) mass is 386 g/mol. The van der Waals surface area contributed by atoms with Gasteiger partial charge >= 0.3 is 0 Å². The van der Waals surface area contributed by atoms with Crippen LogP contribution in [0.25, 0.3) is 0 Å². The minimum Gasteiger partial charge on any atom is -0.482 e. The third kappa shape index (κ3) is 4.24. The van der Waals surface area contributed by atoms with E-state index in [-0.39, 0.29) is 52.3 Å². The van der Waals surface area contributed by atoms with Gasteiger partial charge in [0.15, 0.2) is 16.4 Å². The second kappa shape index (κ2) is 7.21. The van der Waals surface area contributed by atoms with Crippen LogP contribution in [0.2, 0.25) is 5.02 Å². The largest absolute Gasteiger partial charge is 0.482 e. The Morgan fingerprint density at radius 3 is 2.76 bits per heavy atom. The van der Waals surface area contributed by atoms with Crippen molar-refractivity contribution in [3.63, 3.8) is 0 Å². The second-order valence-electron chi connectivity index (χ2n) is 6.23. The van der Waals surface area contributed by atoms with E-state index < -0.39 is 9.84 Å². The first kappa shape index (κ1) is 18.0. The van der Waals surface area contributed by atoms with Gasteiger partial charge in [-0.15, -0.1) is 0 Å². The molecule has 0 spiro atoms. The van der Waals surface area contributed by atoms with Crippen LogP contribution >= 0.6 is 11.6 Å². The zero-order chi connectivity index (χ0) is 18.0. The molecule has 136 valence electrons. The summed E-state index contributed by atoms with van der Waals surface area (Å²) in [6.45, 7) is -0.183. The first-order valence-corrected chi connectivity index (χ1v) is 10.2. The van der Waals surface area contributed by atoms with E-state index in [1.165, 1.54) is 12.1 Å². The Bertz CT molecular complexity index is 803. The number of amides is 2. The number of rotatable bonds is 5. The summed E-state index contributed by atoms with van der Waals surface area (Å²) in [5.74, 6) is -0.690. The predicted octanol–water partition coefficient (Wildman–Crippen LogP) is 1.89. The van der Waals surface area contributed by atoms with E-state index in [9.17, 15) is 18.0 Å². The molecule has 1 aromatic carbocycles. The Labute approximate surface area is 151 Å². The average Bonchev–Trinajstić information content (AvgIpc) is 3.05. The number of hydrogen-bond acceptors (Lipinski definition) is 5. The molecule has 7 nitrogen and oxygen atoms in total. The Hall–Kier alpha value is -1.80. The van der Waals surface area contributed by atoms with Crippen LogP contribution in [0.15, 0.2) is 17.0 Å². The maximum atomic E-state index is 12.5. The van der Waals surface area contributed by atoms with Gasteiger partial charge in [0, 0.05) is 18.5 Å². The van der Waals surface area contributed by atoms with E-state index in [0.717, 1.165) is 25.7 Å². The maximum absolute atomic E-state index is 12.5. The number of fused-ring (bicyclic) bond motifs is 1. The Morgan fingerprint density at radius 2 is 2.04 bits per heavy atom. The zero-order valence-corrected chi connectivity index (χ0v) is 15.1. The number of halogens is 1. The van der Waals surface area contributed by atoms with Crippen molar-refractivity contribution < 1.29 is 22.7 Å². The molecular weight excluding hydrogens is 368 g/mol. The molecule has 1 aliphatic heterocycles. The lowest BCUT2D eigenvalue weighted by Gasteiger charge is -2.19. The van der Waals surface area contributed by atoms with Gasteiger partial charge in [-0.05, 0) is 18.9 Å². The van der Waals surface area contributed by atoms with Gasteiger partial charge in [-0.3, -0.25) is 9.59 Å². The molecule has 2 aliphatic rings. The minimum absolute atomic E-state index is 0.0132. The minimum atomic E-state index is -3.75. The highest BCUT2D eigenvalue weighted by Gasteiger charge is 2.25. The van der Waals surface area contributed by atoms with Crippen molar-refractivity contribution in [2.75, 3.05) is 17.7 Å². The van der Waals surface area contributed by atoms with Gasteiger partial charge in [0.1, 0.15) is 5.75 Å². The van der Waals surface area contributed by atoms with Crippen LogP contribution in [0.4, 0.5) is 5.69 Å². The number of sulfone groups is 1. The van der Waals surface area contributed by atoms with Crippen molar-refractivity contribution in [3.05, 3.63) is 17.2 Å². The molecule has 1 aliphatic carbocycles. The molecule has 0 unspecified atom stereocenters. The number of anilines is 1. The molecule has 0 atom stereocenters. The lowest BCUT2D eigenvalue weighted by molar-refractivity contribution is -0.121. The third-order valence-corrected chi connectivity index (χ3v) is 6.49. The van der Waals surface area contributed by atoms with Gasteiger partial charge < -0.3 is 15.4 Å². The van der Waals surface area contributed by atoms with Crippen LogP contribution in [0.1, 0.15) is 32.1 Å². The number of carbonyl (C=O) groups is 2. The molecule has 0 aromatic heterocycles. The van der Waals surface area contributed by atoms with Crippen LogP contribution < -0.4 is 15.4 Å². The smallest absolute Gasteiger partial charge is 0.262 e. The fourth-order valence-electron chi connectivity index (χ4n) is 3.03. The first-order valence-electron chi connectivity index (χ1n) is 8.13. The summed E-state index contributed by atoms with van der Waals surface area (Å²) in [5.41, 5.74) is 0.333. The topological polar surface area (TPSA) is 102 Å². The Balaban J connectivity index is 1.69. The van der Waals surface area contributed by atoms with Gasteiger partial charge in [0.05, 0.1) is 21.4 Å². The molecule has 1 fully saturated rings. The standard InChI is InChI=1S/C16H19ClN2O5S/c17-11-7-12-13(24-9-16(21)19-12)8-14(11)25(22,23)6-5-15(20)18-10-3-1-2-4-10/h7-8,10H,1-6,9H2,(H,18,20)(H,19,21). The molecule has 0 saturated heterocycles. The Kier molecular flexibility index (Phi) is 5.19. The summed E-state index contributed by atoms with van der Waals surface area (Å²) in [6, 6.07) is 2.79. The van der Waals surface area contributed by atoms with E-state index in [0.29, 0.717) is 5.69 Å². The zero-order valence-electron chi connectivity index (χ0n) is 13.5. The van der Waals surface area contributed by atoms with Crippen LogP contribution in [0.3, 0.4) is 0 Å². The SMILES string of the molecule is O=C1COc2cc(S(=O)(=O)CCC(=O)NC3CCCC3)c(Cl)cc2N1. The van der Waals surface area contributed by atoms with Crippen molar-refractivity contribution in [1.82, 2.24) is 5.32 Å². The van der Waals surface area contributed by atoms with Gasteiger partial charge in [-0.2, -0.15) is 0 Å². The summed E-state index contributed by atoms with van der Waals surface area (Å²) in [7, 11) is -3.75. The predicted molar refractivity (Wildman–Crippen MR) is 92.6 cm³/mol. The number of benzene rings is 1. The van der Waals surface area contributed by atoms with Crippen LogP contribution in [0.5, 0.6) is 5.75 Å². The van der Waals surface area contributed by atoms with Gasteiger partial charge in [0.2, 0.25) is 5.91 Å². The quantitative estimate of drug-likeness (QED) is 0.804. The van der Waals surface area contributed by atoms with Crippen molar-refractivity contribution in [2.45, 2.75) is 43.0 Å². The van der Waals surface area contributed by atoms with Gasteiger partial charge in [-0.25, -0.2) is 8.42 Å². The van der Waals surface area contributed by atoms with E-state index in [1.807, 2.05) is 0 Å². The fraction of sp³-hybridized carbons (Fsp3) is 0.500. The molecule has 1 saturated carbocycles. The third-order valence-electron chi connectivity index (χ3n) is 4.32. The normalized spacial score (nSPS) is 17.6. The second-order valence-corrected chi connectivity index (χ2v) is 8.72. The van der Waals surface area contributed by atoms with E-state index in [1.54, 1.807) is 0 Å². The molecule has 1 heterocycles. The summed E-state index contributed by atoms with van der Waals surface area (Å²) in [5, 5.41) is 5.41. The lowest BCUT2D eigenvalue weighted by Crippen LogP contribution is -2.33. The number of hydrogen-bond donors (Lipinski definition) is 2. The molecule has 1 aromatic rings. The van der Waals surface area contributed by atoms with Gasteiger partial charge in [-0.1, -0.05) is 24.4 Å². The Morgan fingerprint density at radius 1 is 1.32 bits per heavy atom. The molecular formula is C16H19ClN2O5S. The molecule has 9 heteroatoms. The fourth-order valence-corrected chi connectivity index (χ4v) is 4.86. The number of nitrogens with one attached hydrogen (secondary N) is 2. The van der Waals surface area contributed by atoms with Crippen molar-refractivity contribution >= 4 is 38.9 Å². The number of carbonyl (C=O) groups excluding carboxylic acids is 2. The molecule has 0 radical (unpaired) electrons. The van der Waals surface area contributed by atoms with Crippen molar-refractivity contribution in [1.29, 1.82) is 0 Å². The number of ether oxygens (including phenoxy) is 1. The van der Waals surface area contributed by atoms with E-state index >= 15 is 0 Å². The highest BCUT2D eigenvalue weighted by atomic mass is 35.5. The summed E-state index contributed by atoms with van der Waals surface area (Å²) < 4.78 is 30.3. The summed E-state index contributed by atoms with van der Waals surface area (Å²) >= 11 is 6.06. The maximum Gasteiger partial charge on any atom is 0.262 e. The molecule has 0 bridgehead atoms. The molecule has 25 heavy (non-hydrogen) atoms. The van der Waals surface area contributed by atoms with Crippen LogP contribution in [-0.4, -0.2) is 38.6 Å². The molecule has 3 rings (SSSR count). The molecule has 2 amide bonds. The first-order chi connectivity index (χ1) is 11.8. The van der Waals surface area contributed by atoms with E-state index in [4.69, 9.17) is 16.3 Å². The van der Waals surface area contributed by atoms with Crippen LogP contribution in [-0.2, 0) is 19.4 Å². The average molecular weight is 387 g/mol. The summed E-state index contributed by atoms with van der Waals surface area (Å²) in [4.78, 5) is 23.1. The van der Waals surface area contributed by atoms with Crippen LogP contribution in [0, 0.1) is 0 Å². The summed E-state index contributed by atoms with van der Waals surface area (Å²) in [6.07, 6.45) is 3.94. The van der Waals surface area contributed by atoms with Gasteiger partial charge in [0.25, 0.3) is 5.91 Å². The van der Waals surface area contributed by atoms with Crippen molar-refractivity contribution in [2.24, 2.45) is 0 Å².